The SMILES string of the molecule is N=C(NC(=O)OCc1ccccc1)c1csc(CNC(=O)[C@@H]2C[C@H](C(F)(F)F)CN2C(=O)O)c1. The molecule has 2 aromatic rings. The monoisotopic (exact) mass is 498 g/mol. The molecule has 0 aliphatic carbocycles. The maximum Gasteiger partial charge on any atom is 0.413 e. The van der Waals surface area contributed by atoms with Crippen LogP contribution in [0.2, 0.25) is 0 Å². The van der Waals surface area contributed by atoms with E-state index in [1.807, 2.05) is 6.07 Å². The molecule has 182 valence electrons. The predicted octanol–water partition coefficient (Wildman–Crippen LogP) is 3.55. The number of carboxylic acid groups (broad SMARTS) is 1. The highest BCUT2D eigenvalue weighted by molar-refractivity contribution is 7.10. The van der Waals surface area contributed by atoms with Crippen LogP contribution in [0, 0.1) is 11.3 Å². The topological polar surface area (TPSA) is 132 Å². The molecule has 4 N–H and O–H groups in total. The fourth-order valence-corrected chi connectivity index (χ4v) is 4.18. The highest BCUT2D eigenvalue weighted by atomic mass is 32.1. The van der Waals surface area contributed by atoms with Crippen molar-refractivity contribution in [3.63, 3.8) is 0 Å². The van der Waals surface area contributed by atoms with Gasteiger partial charge in [-0.3, -0.25) is 20.4 Å². The Labute approximate surface area is 196 Å². The van der Waals surface area contributed by atoms with Gasteiger partial charge >= 0.3 is 18.4 Å². The molecule has 9 nitrogen and oxygen atoms in total. The number of carbonyl (C=O) groups excluding carboxylic acids is 2. The lowest BCUT2D eigenvalue weighted by molar-refractivity contribution is -0.170. The van der Waals surface area contributed by atoms with E-state index in [0.717, 1.165) is 16.9 Å². The number of ether oxygens (including phenoxy) is 1. The number of amides is 3. The number of halogens is 3. The van der Waals surface area contributed by atoms with Gasteiger partial charge in [0.2, 0.25) is 5.91 Å². The molecular formula is C21H21F3N4O5S. The number of nitrogens with zero attached hydrogens (tertiary/aromatic N) is 1. The van der Waals surface area contributed by atoms with Crippen LogP contribution < -0.4 is 10.6 Å². The molecule has 1 aliphatic heterocycles. The Morgan fingerprint density at radius 1 is 1.24 bits per heavy atom. The van der Waals surface area contributed by atoms with E-state index in [0.29, 0.717) is 15.3 Å². The van der Waals surface area contributed by atoms with Crippen molar-refractivity contribution in [1.82, 2.24) is 15.5 Å². The van der Waals surface area contributed by atoms with Crippen molar-refractivity contribution in [3.05, 3.63) is 57.8 Å². The molecule has 2 atom stereocenters. The number of benzene rings is 1. The summed E-state index contributed by atoms with van der Waals surface area (Å²) in [6.45, 7) is -0.830. The lowest BCUT2D eigenvalue weighted by Gasteiger charge is -2.20. The van der Waals surface area contributed by atoms with Crippen molar-refractivity contribution in [2.24, 2.45) is 5.92 Å². The average molecular weight is 498 g/mol. The summed E-state index contributed by atoms with van der Waals surface area (Å²) in [4.78, 5) is 36.6. The van der Waals surface area contributed by atoms with Gasteiger partial charge in [-0.25, -0.2) is 9.59 Å². The van der Waals surface area contributed by atoms with Crippen molar-refractivity contribution in [1.29, 1.82) is 5.41 Å². The van der Waals surface area contributed by atoms with Gasteiger partial charge in [-0.2, -0.15) is 13.2 Å². The summed E-state index contributed by atoms with van der Waals surface area (Å²) in [6, 6.07) is 9.06. The van der Waals surface area contributed by atoms with Crippen LogP contribution in [-0.2, 0) is 22.7 Å². The van der Waals surface area contributed by atoms with Crippen molar-refractivity contribution in [2.45, 2.75) is 31.8 Å². The maximum absolute atomic E-state index is 13.0. The zero-order chi connectivity index (χ0) is 24.9. The Bertz CT molecular complexity index is 1060. The first-order valence-corrected chi connectivity index (χ1v) is 10.9. The van der Waals surface area contributed by atoms with Crippen LogP contribution in [0.25, 0.3) is 0 Å². The summed E-state index contributed by atoms with van der Waals surface area (Å²) in [7, 11) is 0. The summed E-state index contributed by atoms with van der Waals surface area (Å²) in [5.74, 6) is -2.96. The van der Waals surface area contributed by atoms with Gasteiger partial charge in [0, 0.05) is 22.4 Å². The number of amidine groups is 1. The molecule has 1 aromatic heterocycles. The predicted molar refractivity (Wildman–Crippen MR) is 115 cm³/mol. The molecule has 2 heterocycles. The van der Waals surface area contributed by atoms with E-state index < -0.39 is 49.2 Å². The van der Waals surface area contributed by atoms with Crippen molar-refractivity contribution in [2.75, 3.05) is 6.54 Å². The minimum Gasteiger partial charge on any atom is -0.465 e. The Kier molecular flexibility index (Phi) is 7.76. The lowest BCUT2D eigenvalue weighted by Crippen LogP contribution is -2.45. The van der Waals surface area contributed by atoms with E-state index in [-0.39, 0.29) is 19.0 Å². The van der Waals surface area contributed by atoms with Gasteiger partial charge in [-0.05, 0) is 18.1 Å². The number of rotatable bonds is 6. The van der Waals surface area contributed by atoms with E-state index in [1.165, 1.54) is 6.07 Å². The minimum atomic E-state index is -4.60. The summed E-state index contributed by atoms with van der Waals surface area (Å²) < 4.78 is 44.0. The molecule has 1 saturated heterocycles. The van der Waals surface area contributed by atoms with Crippen molar-refractivity contribution in [3.8, 4) is 0 Å². The fourth-order valence-electron chi connectivity index (χ4n) is 3.36. The summed E-state index contributed by atoms with van der Waals surface area (Å²) >= 11 is 1.15. The smallest absolute Gasteiger partial charge is 0.413 e. The molecule has 0 saturated carbocycles. The first-order valence-electron chi connectivity index (χ1n) is 10.0. The number of nitrogens with one attached hydrogen (secondary N) is 3. The molecule has 0 unspecified atom stereocenters. The van der Waals surface area contributed by atoms with Gasteiger partial charge in [-0.1, -0.05) is 30.3 Å². The Morgan fingerprint density at radius 2 is 1.94 bits per heavy atom. The number of thiophene rings is 1. The molecule has 1 aromatic carbocycles. The third kappa shape index (κ3) is 6.47. The van der Waals surface area contributed by atoms with E-state index in [1.54, 1.807) is 29.6 Å². The van der Waals surface area contributed by atoms with Crippen LogP contribution in [0.4, 0.5) is 22.8 Å². The second-order valence-corrected chi connectivity index (χ2v) is 8.50. The van der Waals surface area contributed by atoms with Crippen molar-refractivity contribution >= 4 is 35.3 Å². The maximum atomic E-state index is 13.0. The van der Waals surface area contributed by atoms with Crippen LogP contribution in [0.3, 0.4) is 0 Å². The number of likely N-dealkylation sites (tertiary alicyclic amines) is 1. The van der Waals surface area contributed by atoms with E-state index in [2.05, 4.69) is 10.6 Å². The number of carbonyl (C=O) groups is 3. The minimum absolute atomic E-state index is 0.0323. The van der Waals surface area contributed by atoms with Crippen LogP contribution in [0.15, 0.2) is 41.8 Å². The number of hydrogen-bond acceptors (Lipinski definition) is 6. The van der Waals surface area contributed by atoms with E-state index >= 15 is 0 Å². The largest absolute Gasteiger partial charge is 0.465 e. The summed E-state index contributed by atoms with van der Waals surface area (Å²) in [5.41, 5.74) is 1.12. The molecule has 0 spiro atoms. The second kappa shape index (κ2) is 10.5. The highest BCUT2D eigenvalue weighted by Gasteiger charge is 2.51. The third-order valence-electron chi connectivity index (χ3n) is 5.13. The van der Waals surface area contributed by atoms with Crippen LogP contribution in [-0.4, -0.2) is 52.7 Å². The van der Waals surface area contributed by atoms with Gasteiger partial charge < -0.3 is 15.2 Å². The lowest BCUT2D eigenvalue weighted by atomic mass is 10.0. The number of alkyl halides is 3. The zero-order valence-electron chi connectivity index (χ0n) is 17.6. The highest BCUT2D eigenvalue weighted by Crippen LogP contribution is 2.36. The fraction of sp³-hybridized carbons (Fsp3) is 0.333. The van der Waals surface area contributed by atoms with Gasteiger partial charge in [0.1, 0.15) is 18.5 Å². The molecule has 13 heteroatoms. The molecule has 1 fully saturated rings. The molecule has 34 heavy (non-hydrogen) atoms. The normalized spacial score (nSPS) is 17.8. The first kappa shape index (κ1) is 25.0. The van der Waals surface area contributed by atoms with Crippen LogP contribution in [0.5, 0.6) is 0 Å². The van der Waals surface area contributed by atoms with Gasteiger partial charge in [0.25, 0.3) is 0 Å². The molecule has 0 radical (unpaired) electrons. The van der Waals surface area contributed by atoms with Gasteiger partial charge in [0.05, 0.1) is 12.5 Å². The quantitative estimate of drug-likeness (QED) is 0.357. The molecule has 0 bridgehead atoms. The number of alkyl carbamates (subject to hydrolysis) is 1. The Balaban J connectivity index is 1.50. The average Bonchev–Trinajstić information content (AvgIpc) is 3.44. The van der Waals surface area contributed by atoms with Crippen LogP contribution >= 0.6 is 11.3 Å². The molecular weight excluding hydrogens is 477 g/mol. The standard InChI is InChI=1S/C21H21F3N4O5S/c22-21(23,24)14-7-16(28(9-14)20(31)32)18(29)26-8-15-6-13(11-34-15)17(25)27-19(30)33-10-12-4-2-1-3-5-12/h1-6,11,14,16H,7-10H2,(H,26,29)(H,31,32)(H2,25,27,30)/t14-,16-/m0/s1. The summed E-state index contributed by atoms with van der Waals surface area (Å²) in [6.07, 6.45) is -7.65. The second-order valence-electron chi connectivity index (χ2n) is 7.51. The summed E-state index contributed by atoms with van der Waals surface area (Å²) in [5, 5.41) is 23.4. The Morgan fingerprint density at radius 3 is 2.59 bits per heavy atom. The molecule has 1 aliphatic rings. The Hall–Kier alpha value is -3.61. The molecule has 3 amide bonds. The van der Waals surface area contributed by atoms with Gasteiger partial charge in [0.15, 0.2) is 0 Å². The first-order chi connectivity index (χ1) is 16.0. The molecule has 3 rings (SSSR count). The third-order valence-corrected chi connectivity index (χ3v) is 6.07. The number of hydrogen-bond donors (Lipinski definition) is 4. The van der Waals surface area contributed by atoms with Crippen molar-refractivity contribution < 1.29 is 37.4 Å². The van der Waals surface area contributed by atoms with E-state index in [4.69, 9.17) is 15.3 Å². The van der Waals surface area contributed by atoms with E-state index in [9.17, 15) is 27.6 Å². The van der Waals surface area contributed by atoms with Gasteiger partial charge in [-0.15, -0.1) is 11.3 Å². The zero-order valence-corrected chi connectivity index (χ0v) is 18.4. The van der Waals surface area contributed by atoms with Crippen LogP contribution in [0.1, 0.15) is 22.4 Å².